The summed E-state index contributed by atoms with van der Waals surface area (Å²) >= 11 is 0. The van der Waals surface area contributed by atoms with Gasteiger partial charge in [0.1, 0.15) is 0 Å². The molecule has 2 heterocycles. The molecule has 1 radical (unpaired) electrons. The Morgan fingerprint density at radius 2 is 2.20 bits per heavy atom. The number of amides is 2. The Balaban J connectivity index is 2.16. The average molecular weight is 206 g/mol. The van der Waals surface area contributed by atoms with Crippen LogP contribution in [-0.2, 0) is 0 Å². The van der Waals surface area contributed by atoms with Crippen molar-refractivity contribution in [3.8, 4) is 0 Å². The van der Waals surface area contributed by atoms with Crippen molar-refractivity contribution in [1.82, 2.24) is 25.9 Å². The molecule has 0 spiro atoms. The molecule has 1 aromatic rings. The molecule has 0 bridgehead atoms. The summed E-state index contributed by atoms with van der Waals surface area (Å²) in [7, 11) is 3.28. The first-order valence-corrected chi connectivity index (χ1v) is 4.58. The summed E-state index contributed by atoms with van der Waals surface area (Å²) in [4.78, 5) is 15.6. The van der Waals surface area contributed by atoms with Crippen LogP contribution in [0.1, 0.15) is 11.9 Å². The molecule has 1 saturated heterocycles. The number of nitrogens with one attached hydrogen (secondary N) is 1. The number of hydrogen-bond donors (Lipinski definition) is 1. The van der Waals surface area contributed by atoms with Crippen LogP contribution >= 0.6 is 0 Å². The zero-order valence-electron chi connectivity index (χ0n) is 8.58. The highest BCUT2D eigenvalue weighted by molar-refractivity contribution is 5.73. The molecule has 79 valence electrons. The normalized spacial score (nSPS) is 18.4. The predicted octanol–water partition coefficient (Wildman–Crippen LogP) is 0.101. The molecule has 0 aromatic carbocycles. The summed E-state index contributed by atoms with van der Waals surface area (Å²) in [6.07, 6.45) is 1.39. The van der Waals surface area contributed by atoms with Crippen LogP contribution in [0.4, 0.5) is 4.79 Å². The van der Waals surface area contributed by atoms with E-state index < -0.39 is 0 Å². The molecule has 2 rings (SSSR count). The van der Waals surface area contributed by atoms with Gasteiger partial charge in [-0.1, -0.05) is 6.07 Å². The maximum atomic E-state index is 11.4. The molecular formula is C9H12N5O. The van der Waals surface area contributed by atoms with Crippen molar-refractivity contribution in [1.29, 1.82) is 0 Å². The van der Waals surface area contributed by atoms with Crippen LogP contribution in [0.5, 0.6) is 0 Å². The summed E-state index contributed by atoms with van der Waals surface area (Å²) in [6, 6.07) is 5.39. The molecule has 1 N–H and O–H groups in total. The van der Waals surface area contributed by atoms with Gasteiger partial charge in [-0.15, -0.1) is 5.43 Å². The Hall–Kier alpha value is -1.66. The molecule has 6 heteroatoms. The van der Waals surface area contributed by atoms with Gasteiger partial charge in [0.2, 0.25) is 0 Å². The molecule has 1 aliphatic rings. The van der Waals surface area contributed by atoms with Crippen molar-refractivity contribution in [3.63, 3.8) is 0 Å². The van der Waals surface area contributed by atoms with E-state index in [0.717, 1.165) is 5.69 Å². The molecule has 0 aliphatic carbocycles. The molecule has 1 fully saturated rings. The predicted molar refractivity (Wildman–Crippen MR) is 53.2 cm³/mol. The summed E-state index contributed by atoms with van der Waals surface area (Å²) in [5.41, 5.74) is 7.86. The molecule has 6 nitrogen and oxygen atoms in total. The van der Waals surface area contributed by atoms with Gasteiger partial charge in [0, 0.05) is 20.3 Å². The van der Waals surface area contributed by atoms with Crippen LogP contribution < -0.4 is 10.9 Å². The van der Waals surface area contributed by atoms with Crippen LogP contribution in [-0.4, -0.2) is 35.1 Å². The zero-order valence-corrected chi connectivity index (χ0v) is 8.58. The quantitative estimate of drug-likeness (QED) is 0.709. The summed E-state index contributed by atoms with van der Waals surface area (Å²) in [5.74, 6) is 0. The van der Waals surface area contributed by atoms with Gasteiger partial charge >= 0.3 is 6.03 Å². The Morgan fingerprint density at radius 3 is 2.80 bits per heavy atom. The lowest BCUT2D eigenvalue weighted by Crippen LogP contribution is -2.59. The van der Waals surface area contributed by atoms with E-state index in [4.69, 9.17) is 0 Å². The number of carbonyl (C=O) groups excluding carboxylic acids is 1. The van der Waals surface area contributed by atoms with Gasteiger partial charge in [-0.3, -0.25) is 9.99 Å². The minimum atomic E-state index is -0.307. The van der Waals surface area contributed by atoms with Gasteiger partial charge in [-0.25, -0.2) is 15.2 Å². The van der Waals surface area contributed by atoms with Crippen LogP contribution in [0.25, 0.3) is 0 Å². The third-order valence-electron chi connectivity index (χ3n) is 2.14. The number of aromatic nitrogens is 1. The summed E-state index contributed by atoms with van der Waals surface area (Å²) < 4.78 is 0. The summed E-state index contributed by atoms with van der Waals surface area (Å²) in [5, 5.41) is 2.70. The molecule has 1 atom stereocenters. The fourth-order valence-corrected chi connectivity index (χ4v) is 1.37. The van der Waals surface area contributed by atoms with Gasteiger partial charge in [-0.2, -0.15) is 0 Å². The number of urea groups is 1. The highest BCUT2D eigenvalue weighted by Gasteiger charge is 2.29. The fraction of sp³-hybridized carbons (Fsp3) is 0.333. The van der Waals surface area contributed by atoms with Crippen molar-refractivity contribution in [2.75, 3.05) is 14.1 Å². The molecule has 15 heavy (non-hydrogen) atoms. The molecule has 1 unspecified atom stereocenters. The van der Waals surface area contributed by atoms with Crippen molar-refractivity contribution in [2.24, 2.45) is 0 Å². The Labute approximate surface area is 87.8 Å². The van der Waals surface area contributed by atoms with Gasteiger partial charge in [-0.05, 0) is 12.1 Å². The Bertz CT molecular complexity index is 341. The third kappa shape index (κ3) is 1.90. The Kier molecular flexibility index (Phi) is 2.53. The average Bonchev–Trinajstić information content (AvgIpc) is 2.26. The maximum Gasteiger partial charge on any atom is 0.349 e. The van der Waals surface area contributed by atoms with E-state index in [1.165, 1.54) is 10.0 Å². The second-order valence-corrected chi connectivity index (χ2v) is 3.27. The second-order valence-electron chi connectivity index (χ2n) is 3.27. The number of rotatable bonds is 1. The van der Waals surface area contributed by atoms with Crippen LogP contribution in [0, 0.1) is 0 Å². The lowest BCUT2D eigenvalue weighted by atomic mass is 10.3. The summed E-state index contributed by atoms with van der Waals surface area (Å²) in [6.45, 7) is 0. The van der Waals surface area contributed by atoms with Gasteiger partial charge in [0.15, 0.2) is 6.17 Å². The highest BCUT2D eigenvalue weighted by atomic mass is 16.2. The van der Waals surface area contributed by atoms with Crippen molar-refractivity contribution in [3.05, 3.63) is 30.1 Å². The monoisotopic (exact) mass is 206 g/mol. The van der Waals surface area contributed by atoms with E-state index in [0.29, 0.717) is 0 Å². The number of pyridine rings is 1. The topological polar surface area (TPSA) is 62.6 Å². The van der Waals surface area contributed by atoms with Crippen molar-refractivity contribution in [2.45, 2.75) is 6.17 Å². The van der Waals surface area contributed by atoms with Gasteiger partial charge in [0.25, 0.3) is 0 Å². The lowest BCUT2D eigenvalue weighted by molar-refractivity contribution is 0.0521. The van der Waals surface area contributed by atoms with E-state index in [9.17, 15) is 4.79 Å². The largest absolute Gasteiger partial charge is 0.349 e. The zero-order chi connectivity index (χ0) is 10.8. The Morgan fingerprint density at radius 1 is 1.40 bits per heavy atom. The van der Waals surface area contributed by atoms with Crippen LogP contribution in [0.3, 0.4) is 0 Å². The first-order chi connectivity index (χ1) is 7.18. The van der Waals surface area contributed by atoms with E-state index in [1.54, 1.807) is 20.3 Å². The molecular weight excluding hydrogens is 194 g/mol. The standard InChI is InChI=1S/C9H12N5O/c1-13-9(15)14(2)12-8(11-13)7-5-3-4-6-10-7/h3-6,8,11H,1-2H3. The van der Waals surface area contributed by atoms with Gasteiger partial charge in [0.05, 0.1) is 5.69 Å². The first kappa shape index (κ1) is 9.88. The molecule has 2 amide bonds. The van der Waals surface area contributed by atoms with E-state index in [2.05, 4.69) is 15.8 Å². The number of carbonyl (C=O) groups is 1. The van der Waals surface area contributed by atoms with Crippen molar-refractivity contribution >= 4 is 6.03 Å². The second kappa shape index (κ2) is 3.84. The minimum Gasteiger partial charge on any atom is -0.260 e. The molecule has 0 saturated carbocycles. The SMILES string of the molecule is CN1[N]C(c2ccccn2)NN(C)C1=O. The number of hydrogen-bond acceptors (Lipinski definition) is 3. The molecule has 1 aliphatic heterocycles. The molecule has 1 aromatic heterocycles. The first-order valence-electron chi connectivity index (χ1n) is 4.58. The van der Waals surface area contributed by atoms with E-state index >= 15 is 0 Å². The highest BCUT2D eigenvalue weighted by Crippen LogP contribution is 2.13. The van der Waals surface area contributed by atoms with Crippen molar-refractivity contribution < 1.29 is 4.79 Å². The number of hydrazine groups is 1. The fourth-order valence-electron chi connectivity index (χ4n) is 1.37. The number of nitrogens with zero attached hydrogens (tertiary/aromatic N) is 4. The van der Waals surface area contributed by atoms with E-state index in [1.807, 2.05) is 18.2 Å². The maximum absolute atomic E-state index is 11.4. The lowest BCUT2D eigenvalue weighted by Gasteiger charge is -2.35. The van der Waals surface area contributed by atoms with Gasteiger partial charge < -0.3 is 0 Å². The third-order valence-corrected chi connectivity index (χ3v) is 2.14. The minimum absolute atomic E-state index is 0.192. The van der Waals surface area contributed by atoms with Crippen LogP contribution in [0.2, 0.25) is 0 Å². The van der Waals surface area contributed by atoms with E-state index in [-0.39, 0.29) is 12.2 Å². The smallest absolute Gasteiger partial charge is 0.260 e. The van der Waals surface area contributed by atoms with Crippen LogP contribution in [0.15, 0.2) is 24.4 Å².